The van der Waals surface area contributed by atoms with Crippen LogP contribution in [0.4, 0.5) is 5.69 Å². The molecule has 2 aromatic carbocycles. The standard InChI is InChI=1S/C26H24N4O4S/c1-17-15-27-24-8-3-18(13-22(17)24)19-9-10-30-25(14-19)23(16-28-30)26(32)29-20-4-6-21(7-5-20)35(33,34)12-2-11-31/h3-10,13-16,27,31H,2,11-12H2,1H3,(H,29,32). The highest BCUT2D eigenvalue weighted by Crippen LogP contribution is 2.28. The molecule has 0 aliphatic rings. The second kappa shape index (κ2) is 9.01. The molecule has 8 nitrogen and oxygen atoms in total. The highest BCUT2D eigenvalue weighted by atomic mass is 32.2. The number of aromatic nitrogens is 3. The lowest BCUT2D eigenvalue weighted by Crippen LogP contribution is -2.12. The maximum atomic E-state index is 13.0. The summed E-state index contributed by atoms with van der Waals surface area (Å²) in [4.78, 5) is 16.4. The number of nitrogens with zero attached hydrogens (tertiary/aromatic N) is 2. The Labute approximate surface area is 202 Å². The van der Waals surface area contributed by atoms with Crippen LogP contribution in [0, 0.1) is 6.92 Å². The van der Waals surface area contributed by atoms with E-state index in [1.807, 2.05) is 36.7 Å². The topological polar surface area (TPSA) is 117 Å². The molecule has 0 fully saturated rings. The highest BCUT2D eigenvalue weighted by molar-refractivity contribution is 7.91. The zero-order chi connectivity index (χ0) is 24.6. The summed E-state index contributed by atoms with van der Waals surface area (Å²) in [7, 11) is -3.47. The van der Waals surface area contributed by atoms with Crippen molar-refractivity contribution in [3.8, 4) is 11.1 Å². The summed E-state index contributed by atoms with van der Waals surface area (Å²) < 4.78 is 26.2. The minimum Gasteiger partial charge on any atom is -0.396 e. The van der Waals surface area contributed by atoms with Gasteiger partial charge in [-0.3, -0.25) is 4.79 Å². The summed E-state index contributed by atoms with van der Waals surface area (Å²) in [5, 5.41) is 17.2. The third kappa shape index (κ3) is 4.43. The molecule has 0 aliphatic heterocycles. The average molecular weight is 489 g/mol. The second-order valence-corrected chi connectivity index (χ2v) is 10.5. The first-order valence-corrected chi connectivity index (χ1v) is 12.8. The van der Waals surface area contributed by atoms with Crippen molar-refractivity contribution in [3.63, 3.8) is 0 Å². The zero-order valence-electron chi connectivity index (χ0n) is 19.0. The van der Waals surface area contributed by atoms with Crippen molar-refractivity contribution >= 4 is 37.9 Å². The molecule has 0 atom stereocenters. The second-order valence-electron chi connectivity index (χ2n) is 8.41. The summed E-state index contributed by atoms with van der Waals surface area (Å²) in [5.41, 5.74) is 5.78. The van der Waals surface area contributed by atoms with E-state index in [1.165, 1.54) is 23.9 Å². The van der Waals surface area contributed by atoms with Crippen molar-refractivity contribution in [3.05, 3.63) is 84.3 Å². The summed E-state index contributed by atoms with van der Waals surface area (Å²) in [6.45, 7) is 1.87. The van der Waals surface area contributed by atoms with Gasteiger partial charge in [-0.1, -0.05) is 6.07 Å². The summed E-state index contributed by atoms with van der Waals surface area (Å²) in [6.07, 6.45) is 5.49. The van der Waals surface area contributed by atoms with E-state index in [0.717, 1.165) is 22.0 Å². The predicted molar refractivity (Wildman–Crippen MR) is 135 cm³/mol. The van der Waals surface area contributed by atoms with Crippen molar-refractivity contribution in [1.29, 1.82) is 0 Å². The van der Waals surface area contributed by atoms with Gasteiger partial charge < -0.3 is 15.4 Å². The first-order valence-electron chi connectivity index (χ1n) is 11.2. The maximum Gasteiger partial charge on any atom is 0.259 e. The first-order chi connectivity index (χ1) is 16.9. The molecule has 1 amide bonds. The third-order valence-electron chi connectivity index (χ3n) is 6.03. The monoisotopic (exact) mass is 488 g/mol. The van der Waals surface area contributed by atoms with Gasteiger partial charge in [0.1, 0.15) is 0 Å². The number of hydrogen-bond donors (Lipinski definition) is 3. The fraction of sp³-hybridized carbons (Fsp3) is 0.154. The predicted octanol–water partition coefficient (Wildman–Crippen LogP) is 4.20. The number of pyridine rings is 1. The lowest BCUT2D eigenvalue weighted by Gasteiger charge is -2.08. The van der Waals surface area contributed by atoms with Gasteiger partial charge in [0.05, 0.1) is 27.9 Å². The van der Waals surface area contributed by atoms with E-state index in [4.69, 9.17) is 5.11 Å². The Hall–Kier alpha value is -3.95. The molecular weight excluding hydrogens is 464 g/mol. The number of fused-ring (bicyclic) bond motifs is 2. The van der Waals surface area contributed by atoms with Crippen LogP contribution in [0.15, 0.2) is 78.1 Å². The number of amides is 1. The van der Waals surface area contributed by atoms with Crippen molar-refractivity contribution in [2.45, 2.75) is 18.2 Å². The number of H-pyrrole nitrogens is 1. The molecule has 9 heteroatoms. The van der Waals surface area contributed by atoms with Crippen molar-refractivity contribution < 1.29 is 18.3 Å². The summed E-state index contributed by atoms with van der Waals surface area (Å²) in [6, 6.07) is 16.1. The van der Waals surface area contributed by atoms with Crippen LogP contribution < -0.4 is 5.32 Å². The molecule has 35 heavy (non-hydrogen) atoms. The van der Waals surface area contributed by atoms with Crippen LogP contribution in [0.5, 0.6) is 0 Å². The van der Waals surface area contributed by atoms with Crippen LogP contribution in [-0.2, 0) is 9.84 Å². The molecule has 0 bridgehead atoms. The quantitative estimate of drug-likeness (QED) is 0.317. The molecule has 0 spiro atoms. The van der Waals surface area contributed by atoms with E-state index in [9.17, 15) is 13.2 Å². The van der Waals surface area contributed by atoms with Crippen LogP contribution in [-0.4, -0.2) is 46.4 Å². The Bertz CT molecular complexity index is 1650. The number of benzene rings is 2. The lowest BCUT2D eigenvalue weighted by molar-refractivity contribution is 0.102. The molecule has 0 unspecified atom stereocenters. The number of aliphatic hydroxyl groups excluding tert-OH is 1. The fourth-order valence-electron chi connectivity index (χ4n) is 4.09. The van der Waals surface area contributed by atoms with Gasteiger partial charge in [-0.15, -0.1) is 0 Å². The molecule has 0 radical (unpaired) electrons. The molecule has 3 aromatic heterocycles. The molecular formula is C26H24N4O4S. The lowest BCUT2D eigenvalue weighted by atomic mass is 10.0. The van der Waals surface area contributed by atoms with E-state index in [2.05, 4.69) is 28.4 Å². The molecule has 0 saturated carbocycles. The Morgan fingerprint density at radius 3 is 2.63 bits per heavy atom. The molecule has 0 aliphatic carbocycles. The normalized spacial score (nSPS) is 11.8. The Balaban J connectivity index is 1.40. The van der Waals surface area contributed by atoms with Crippen LogP contribution >= 0.6 is 0 Å². The van der Waals surface area contributed by atoms with E-state index in [-0.39, 0.29) is 29.6 Å². The number of aromatic amines is 1. The number of carbonyl (C=O) groups is 1. The number of sulfone groups is 1. The molecule has 5 aromatic rings. The van der Waals surface area contributed by atoms with Crippen molar-refractivity contribution in [2.75, 3.05) is 17.7 Å². The SMILES string of the molecule is Cc1c[nH]c2ccc(-c3ccn4ncc(C(=O)Nc5ccc(S(=O)(=O)CCCO)cc5)c4c3)cc12. The van der Waals surface area contributed by atoms with Crippen LogP contribution in [0.2, 0.25) is 0 Å². The Morgan fingerprint density at radius 2 is 1.86 bits per heavy atom. The third-order valence-corrected chi connectivity index (χ3v) is 7.85. The minimum atomic E-state index is -3.47. The van der Waals surface area contributed by atoms with Gasteiger partial charge in [0.15, 0.2) is 9.84 Å². The summed E-state index contributed by atoms with van der Waals surface area (Å²) in [5.74, 6) is -0.471. The van der Waals surface area contributed by atoms with Gasteiger partial charge in [-0.25, -0.2) is 12.9 Å². The first kappa shape index (κ1) is 22.8. The number of aryl methyl sites for hydroxylation is 1. The van der Waals surface area contributed by atoms with E-state index < -0.39 is 9.84 Å². The number of anilines is 1. The van der Waals surface area contributed by atoms with Crippen molar-refractivity contribution in [2.24, 2.45) is 0 Å². The van der Waals surface area contributed by atoms with E-state index in [0.29, 0.717) is 16.8 Å². The number of carbonyl (C=O) groups excluding carboxylic acids is 1. The van der Waals surface area contributed by atoms with Gasteiger partial charge in [0, 0.05) is 35.6 Å². The number of rotatable bonds is 7. The average Bonchev–Trinajstić information content (AvgIpc) is 3.46. The Kier molecular flexibility index (Phi) is 5.88. The molecule has 0 saturated heterocycles. The van der Waals surface area contributed by atoms with E-state index >= 15 is 0 Å². The van der Waals surface area contributed by atoms with Gasteiger partial charge >= 0.3 is 0 Å². The molecule has 5 rings (SSSR count). The van der Waals surface area contributed by atoms with Crippen LogP contribution in [0.25, 0.3) is 27.5 Å². The van der Waals surface area contributed by atoms with Crippen LogP contribution in [0.1, 0.15) is 22.3 Å². The van der Waals surface area contributed by atoms with Gasteiger partial charge in [0.2, 0.25) is 0 Å². The van der Waals surface area contributed by atoms with Crippen LogP contribution in [0.3, 0.4) is 0 Å². The van der Waals surface area contributed by atoms with Gasteiger partial charge in [-0.2, -0.15) is 5.10 Å². The number of hydrogen-bond acceptors (Lipinski definition) is 5. The smallest absolute Gasteiger partial charge is 0.259 e. The Morgan fingerprint density at radius 1 is 1.09 bits per heavy atom. The number of aliphatic hydroxyl groups is 1. The van der Waals surface area contributed by atoms with Crippen molar-refractivity contribution in [1.82, 2.24) is 14.6 Å². The van der Waals surface area contributed by atoms with Gasteiger partial charge in [0.25, 0.3) is 5.91 Å². The largest absolute Gasteiger partial charge is 0.396 e. The number of nitrogens with one attached hydrogen (secondary N) is 2. The highest BCUT2D eigenvalue weighted by Gasteiger charge is 2.16. The van der Waals surface area contributed by atoms with Gasteiger partial charge in [-0.05, 0) is 78.6 Å². The molecule has 3 heterocycles. The maximum absolute atomic E-state index is 13.0. The minimum absolute atomic E-state index is 0.128. The fourth-order valence-corrected chi connectivity index (χ4v) is 5.39. The molecule has 3 N–H and O–H groups in total. The van der Waals surface area contributed by atoms with E-state index in [1.54, 1.807) is 16.6 Å². The molecule has 178 valence electrons. The zero-order valence-corrected chi connectivity index (χ0v) is 19.8. The summed E-state index contributed by atoms with van der Waals surface area (Å²) >= 11 is 0.